The Bertz CT molecular complexity index is 808. The number of hydrogen-bond donors (Lipinski definition) is 0. The zero-order chi connectivity index (χ0) is 13.0. The number of aromatic nitrogens is 2. The monoisotopic (exact) mass is 266 g/mol. The Morgan fingerprint density at radius 3 is 3.00 bits per heavy atom. The highest BCUT2D eigenvalue weighted by Gasteiger charge is 2.32. The van der Waals surface area contributed by atoms with Crippen molar-refractivity contribution in [2.75, 3.05) is 5.75 Å². The van der Waals surface area contributed by atoms with Crippen molar-refractivity contribution < 1.29 is 0 Å². The minimum absolute atomic E-state index is 0.227. The average molecular weight is 266 g/mol. The third kappa shape index (κ3) is 1.58. The van der Waals surface area contributed by atoms with Gasteiger partial charge in [0.2, 0.25) is 0 Å². The van der Waals surface area contributed by atoms with Gasteiger partial charge in [-0.3, -0.25) is 4.98 Å². The molecule has 3 aromatic rings. The average Bonchev–Trinajstić information content (AvgIpc) is 2.72. The van der Waals surface area contributed by atoms with Crippen LogP contribution in [0.5, 0.6) is 0 Å². The number of nitrogens with zero attached hydrogens (tertiary/aromatic N) is 2. The third-order valence-electron chi connectivity index (χ3n) is 3.83. The molecular formula is C16H14N2S. The molecule has 2 aromatic heterocycles. The van der Waals surface area contributed by atoms with Crippen LogP contribution in [0.25, 0.3) is 21.8 Å². The van der Waals surface area contributed by atoms with Crippen LogP contribution in [0, 0.1) is 0 Å². The summed E-state index contributed by atoms with van der Waals surface area (Å²) in [6.07, 6.45) is 1.83. The minimum Gasteiger partial charge on any atom is -0.256 e. The zero-order valence-corrected chi connectivity index (χ0v) is 11.8. The first-order valence-corrected chi connectivity index (χ1v) is 7.45. The van der Waals surface area contributed by atoms with Crippen LogP contribution in [-0.2, 0) is 5.41 Å². The van der Waals surface area contributed by atoms with Gasteiger partial charge in [-0.05, 0) is 29.8 Å². The highest BCUT2D eigenvalue weighted by Crippen LogP contribution is 2.44. The Morgan fingerprint density at radius 2 is 2.11 bits per heavy atom. The number of hydrogen-bond acceptors (Lipinski definition) is 3. The molecule has 3 heterocycles. The maximum atomic E-state index is 4.90. The Hall–Kier alpha value is -1.61. The van der Waals surface area contributed by atoms with Crippen molar-refractivity contribution in [2.45, 2.75) is 24.3 Å². The molecule has 0 spiro atoms. The summed E-state index contributed by atoms with van der Waals surface area (Å²) in [6, 6.07) is 10.6. The summed E-state index contributed by atoms with van der Waals surface area (Å²) in [5.74, 6) is 1.11. The lowest BCUT2D eigenvalue weighted by Gasteiger charge is -2.17. The zero-order valence-electron chi connectivity index (χ0n) is 11.0. The Balaban J connectivity index is 2.13. The molecule has 0 radical (unpaired) electrons. The first-order valence-electron chi connectivity index (χ1n) is 6.47. The predicted molar refractivity (Wildman–Crippen MR) is 80.8 cm³/mol. The van der Waals surface area contributed by atoms with Crippen molar-refractivity contribution in [3.05, 3.63) is 42.1 Å². The quantitative estimate of drug-likeness (QED) is 0.571. The summed E-state index contributed by atoms with van der Waals surface area (Å²) >= 11 is 1.87. The van der Waals surface area contributed by atoms with Gasteiger partial charge in [0.1, 0.15) is 5.03 Å². The van der Waals surface area contributed by atoms with E-state index in [2.05, 4.69) is 43.1 Å². The molecule has 1 aliphatic heterocycles. The molecule has 0 amide bonds. The van der Waals surface area contributed by atoms with Crippen molar-refractivity contribution in [3.8, 4) is 0 Å². The van der Waals surface area contributed by atoms with Gasteiger partial charge < -0.3 is 0 Å². The minimum atomic E-state index is 0.227. The van der Waals surface area contributed by atoms with Crippen LogP contribution in [0.1, 0.15) is 19.4 Å². The molecule has 4 rings (SSSR count). The van der Waals surface area contributed by atoms with Gasteiger partial charge in [-0.1, -0.05) is 19.9 Å². The van der Waals surface area contributed by atoms with E-state index in [0.29, 0.717) is 0 Å². The lowest BCUT2D eigenvalue weighted by molar-refractivity contribution is 0.602. The summed E-state index contributed by atoms with van der Waals surface area (Å²) < 4.78 is 0. The molecule has 0 saturated carbocycles. The molecule has 19 heavy (non-hydrogen) atoms. The fourth-order valence-corrected chi connectivity index (χ4v) is 4.00. The van der Waals surface area contributed by atoms with Gasteiger partial charge in [-0.25, -0.2) is 4.98 Å². The van der Waals surface area contributed by atoms with Gasteiger partial charge in [0.05, 0.1) is 11.0 Å². The summed E-state index contributed by atoms with van der Waals surface area (Å²) in [5.41, 5.74) is 3.71. The topological polar surface area (TPSA) is 25.8 Å². The fourth-order valence-electron chi connectivity index (χ4n) is 2.70. The Kier molecular flexibility index (Phi) is 2.19. The summed E-state index contributed by atoms with van der Waals surface area (Å²) in [4.78, 5) is 9.31. The molecule has 0 unspecified atom stereocenters. The van der Waals surface area contributed by atoms with E-state index in [9.17, 15) is 0 Å². The van der Waals surface area contributed by atoms with Crippen LogP contribution in [0.2, 0.25) is 0 Å². The van der Waals surface area contributed by atoms with E-state index in [0.717, 1.165) is 22.2 Å². The number of rotatable bonds is 0. The lowest BCUT2D eigenvalue weighted by atomic mass is 9.87. The van der Waals surface area contributed by atoms with Crippen LogP contribution < -0.4 is 0 Å². The molecule has 0 aliphatic carbocycles. The third-order valence-corrected chi connectivity index (χ3v) is 5.28. The van der Waals surface area contributed by atoms with Crippen molar-refractivity contribution >= 4 is 33.6 Å². The number of pyridine rings is 2. The maximum absolute atomic E-state index is 4.90. The van der Waals surface area contributed by atoms with E-state index in [-0.39, 0.29) is 5.41 Å². The second-order valence-corrected chi connectivity index (χ2v) is 6.69. The van der Waals surface area contributed by atoms with Gasteiger partial charge in [0.25, 0.3) is 0 Å². The molecular weight excluding hydrogens is 252 g/mol. The first-order chi connectivity index (χ1) is 9.15. The highest BCUT2D eigenvalue weighted by molar-refractivity contribution is 7.99. The lowest BCUT2D eigenvalue weighted by Crippen LogP contribution is -2.15. The normalized spacial score (nSPS) is 16.9. The van der Waals surface area contributed by atoms with E-state index in [1.54, 1.807) is 0 Å². The summed E-state index contributed by atoms with van der Waals surface area (Å²) in [6.45, 7) is 4.59. The van der Waals surface area contributed by atoms with Crippen LogP contribution in [0.15, 0.2) is 41.6 Å². The fraction of sp³-hybridized carbons (Fsp3) is 0.250. The van der Waals surface area contributed by atoms with Crippen molar-refractivity contribution in [2.24, 2.45) is 0 Å². The molecule has 0 N–H and O–H groups in total. The number of thioether (sulfide) groups is 1. The van der Waals surface area contributed by atoms with E-state index in [4.69, 9.17) is 4.98 Å². The van der Waals surface area contributed by atoms with Gasteiger partial charge in [0, 0.05) is 28.1 Å². The highest BCUT2D eigenvalue weighted by atomic mass is 32.2. The molecule has 0 fully saturated rings. The number of benzene rings is 1. The summed E-state index contributed by atoms with van der Waals surface area (Å²) in [5, 5.41) is 3.55. The SMILES string of the molecule is CC1(C)CSc2nc3c(ccc4ncccc43)cc21. The van der Waals surface area contributed by atoms with Crippen molar-refractivity contribution in [3.63, 3.8) is 0 Å². The second-order valence-electron chi connectivity index (χ2n) is 5.72. The molecule has 0 bridgehead atoms. The van der Waals surface area contributed by atoms with Gasteiger partial charge in [0.15, 0.2) is 0 Å². The van der Waals surface area contributed by atoms with Gasteiger partial charge in [-0.2, -0.15) is 0 Å². The van der Waals surface area contributed by atoms with Crippen LogP contribution in [0.4, 0.5) is 0 Å². The molecule has 1 aliphatic rings. The van der Waals surface area contributed by atoms with E-state index >= 15 is 0 Å². The van der Waals surface area contributed by atoms with E-state index < -0.39 is 0 Å². The van der Waals surface area contributed by atoms with Crippen molar-refractivity contribution in [1.82, 2.24) is 9.97 Å². The van der Waals surface area contributed by atoms with E-state index in [1.807, 2.05) is 24.0 Å². The number of fused-ring (bicyclic) bond motifs is 4. The molecule has 3 heteroatoms. The van der Waals surface area contributed by atoms with Crippen LogP contribution >= 0.6 is 11.8 Å². The second kappa shape index (κ2) is 3.70. The smallest absolute Gasteiger partial charge is 0.101 e. The summed E-state index contributed by atoms with van der Waals surface area (Å²) in [7, 11) is 0. The predicted octanol–water partition coefficient (Wildman–Crippen LogP) is 4.17. The molecule has 1 aromatic carbocycles. The Labute approximate surface area is 116 Å². The van der Waals surface area contributed by atoms with E-state index in [1.165, 1.54) is 16.0 Å². The maximum Gasteiger partial charge on any atom is 0.101 e. The molecule has 0 saturated heterocycles. The molecule has 94 valence electrons. The largest absolute Gasteiger partial charge is 0.256 e. The van der Waals surface area contributed by atoms with Crippen LogP contribution in [-0.4, -0.2) is 15.7 Å². The molecule has 0 atom stereocenters. The standard InChI is InChI=1S/C16H14N2S/c1-16(2)9-19-15-12(16)8-10-5-6-13-11(14(10)18-15)4-3-7-17-13/h3-8H,9H2,1-2H3. The van der Waals surface area contributed by atoms with Gasteiger partial charge in [-0.15, -0.1) is 11.8 Å². The Morgan fingerprint density at radius 1 is 1.21 bits per heavy atom. The van der Waals surface area contributed by atoms with Crippen molar-refractivity contribution in [1.29, 1.82) is 0 Å². The first kappa shape index (κ1) is 11.2. The van der Waals surface area contributed by atoms with Gasteiger partial charge >= 0.3 is 0 Å². The molecule has 2 nitrogen and oxygen atoms in total. The van der Waals surface area contributed by atoms with Crippen LogP contribution in [0.3, 0.4) is 0 Å².